The van der Waals surface area contributed by atoms with E-state index in [4.69, 9.17) is 9.31 Å². The molecule has 0 saturated carbocycles. The lowest BCUT2D eigenvalue weighted by molar-refractivity contribution is 0.00578. The van der Waals surface area contributed by atoms with E-state index in [1.165, 1.54) is 65.9 Å². The Bertz CT molecular complexity index is 2830. The third-order valence-corrected chi connectivity index (χ3v) is 11.6. The molecule has 10 rings (SSSR count). The van der Waals surface area contributed by atoms with E-state index < -0.39 is 0 Å². The van der Waals surface area contributed by atoms with Gasteiger partial charge in [0.05, 0.1) is 33.3 Å². The Balaban J connectivity index is 1.06. The number of para-hydroxylation sites is 2. The molecule has 0 bridgehead atoms. The monoisotopic (exact) mass is 686 g/mol. The van der Waals surface area contributed by atoms with Gasteiger partial charge in [0, 0.05) is 32.9 Å². The summed E-state index contributed by atoms with van der Waals surface area (Å²) < 4.78 is 17.4. The van der Waals surface area contributed by atoms with Gasteiger partial charge >= 0.3 is 7.12 Å². The van der Waals surface area contributed by atoms with E-state index in [2.05, 4.69) is 201 Å². The molecule has 3 heterocycles. The first kappa shape index (κ1) is 31.8. The number of aromatic nitrogens is 2. The van der Waals surface area contributed by atoms with Gasteiger partial charge in [-0.3, -0.25) is 0 Å². The average Bonchev–Trinajstić information content (AvgIpc) is 3.78. The van der Waals surface area contributed by atoms with Crippen molar-refractivity contribution >= 4 is 56.2 Å². The molecule has 9 aromatic rings. The van der Waals surface area contributed by atoms with Crippen LogP contribution < -0.4 is 5.46 Å². The summed E-state index contributed by atoms with van der Waals surface area (Å²) >= 11 is 0. The number of benzene rings is 7. The fraction of sp³-hybridized carbons (Fsp3) is 0.125. The molecule has 0 N–H and O–H groups in total. The van der Waals surface area contributed by atoms with Crippen LogP contribution in [0.5, 0.6) is 0 Å². The van der Waals surface area contributed by atoms with Gasteiger partial charge in [0.1, 0.15) is 0 Å². The number of fused-ring (bicyclic) bond motifs is 6. The van der Waals surface area contributed by atoms with Crippen molar-refractivity contribution in [2.45, 2.75) is 38.9 Å². The molecular weight excluding hydrogens is 647 g/mol. The Labute approximate surface area is 310 Å². The van der Waals surface area contributed by atoms with Gasteiger partial charge in [-0.05, 0) is 116 Å². The van der Waals surface area contributed by atoms with Crippen molar-refractivity contribution in [3.8, 4) is 33.6 Å². The zero-order valence-electron chi connectivity index (χ0n) is 30.4. The van der Waals surface area contributed by atoms with E-state index >= 15 is 0 Å². The van der Waals surface area contributed by atoms with Crippen molar-refractivity contribution in [3.63, 3.8) is 0 Å². The third kappa shape index (κ3) is 5.07. The average molecular weight is 687 g/mol. The quantitative estimate of drug-likeness (QED) is 0.169. The minimum atomic E-state index is -0.388. The lowest BCUT2D eigenvalue weighted by Gasteiger charge is -2.32. The highest BCUT2D eigenvalue weighted by atomic mass is 16.7. The molecule has 0 radical (unpaired) electrons. The molecule has 256 valence electrons. The second-order valence-electron chi connectivity index (χ2n) is 15.3. The SMILES string of the molecule is CC1(C)OB(c2ccc(-n3c4ccccc4c4cc(-c5ccc6c(c5)c5ccccc5n6-c5cccc(-c6ccccc6)c5)ccc43)cc2)OC1(C)C. The van der Waals surface area contributed by atoms with E-state index in [1.54, 1.807) is 0 Å². The Morgan fingerprint density at radius 1 is 0.377 bits per heavy atom. The van der Waals surface area contributed by atoms with Crippen LogP contribution in [0.1, 0.15) is 27.7 Å². The van der Waals surface area contributed by atoms with E-state index in [0.29, 0.717) is 0 Å². The summed E-state index contributed by atoms with van der Waals surface area (Å²) in [6, 6.07) is 59.4. The van der Waals surface area contributed by atoms with Crippen LogP contribution in [0.3, 0.4) is 0 Å². The first-order valence-electron chi connectivity index (χ1n) is 18.4. The van der Waals surface area contributed by atoms with Crippen LogP contribution in [0, 0.1) is 0 Å². The molecule has 0 aliphatic carbocycles. The highest BCUT2D eigenvalue weighted by Gasteiger charge is 2.51. The second kappa shape index (κ2) is 11.8. The Hall–Kier alpha value is -5.88. The second-order valence-corrected chi connectivity index (χ2v) is 15.3. The largest absolute Gasteiger partial charge is 0.494 e. The maximum Gasteiger partial charge on any atom is 0.494 e. The van der Waals surface area contributed by atoms with Gasteiger partial charge in [-0.15, -0.1) is 0 Å². The summed E-state index contributed by atoms with van der Waals surface area (Å²) in [6.07, 6.45) is 0. The van der Waals surface area contributed by atoms with Gasteiger partial charge in [-0.2, -0.15) is 0 Å². The third-order valence-electron chi connectivity index (χ3n) is 11.6. The van der Waals surface area contributed by atoms with E-state index in [-0.39, 0.29) is 18.3 Å². The molecule has 0 amide bonds. The number of hydrogen-bond acceptors (Lipinski definition) is 2. The molecule has 1 fully saturated rings. The molecule has 4 nitrogen and oxygen atoms in total. The zero-order valence-corrected chi connectivity index (χ0v) is 30.4. The zero-order chi connectivity index (χ0) is 35.9. The summed E-state index contributed by atoms with van der Waals surface area (Å²) in [5, 5.41) is 4.95. The first-order valence-corrected chi connectivity index (χ1v) is 18.4. The number of rotatable bonds is 5. The van der Waals surface area contributed by atoms with Crippen molar-refractivity contribution < 1.29 is 9.31 Å². The van der Waals surface area contributed by atoms with Gasteiger partial charge in [-0.25, -0.2) is 0 Å². The molecule has 0 atom stereocenters. The number of hydrogen-bond donors (Lipinski definition) is 0. The van der Waals surface area contributed by atoms with Gasteiger partial charge in [0.15, 0.2) is 0 Å². The molecule has 1 aliphatic heterocycles. The topological polar surface area (TPSA) is 28.3 Å². The molecule has 53 heavy (non-hydrogen) atoms. The molecule has 5 heteroatoms. The summed E-state index contributed by atoms with van der Waals surface area (Å²) in [7, 11) is -0.388. The van der Waals surface area contributed by atoms with Gasteiger partial charge in [0.25, 0.3) is 0 Å². The molecule has 2 aromatic heterocycles. The van der Waals surface area contributed by atoms with Crippen LogP contribution in [0.15, 0.2) is 164 Å². The molecule has 1 aliphatic rings. The molecular formula is C48H39BN2O2. The highest BCUT2D eigenvalue weighted by molar-refractivity contribution is 6.62. The first-order chi connectivity index (χ1) is 25.8. The Kier molecular flexibility index (Phi) is 7.10. The normalized spacial score (nSPS) is 15.3. The van der Waals surface area contributed by atoms with E-state index in [1.807, 2.05) is 0 Å². The maximum absolute atomic E-state index is 6.34. The van der Waals surface area contributed by atoms with Gasteiger partial charge < -0.3 is 18.4 Å². The lowest BCUT2D eigenvalue weighted by Crippen LogP contribution is -2.41. The highest BCUT2D eigenvalue weighted by Crippen LogP contribution is 2.39. The Morgan fingerprint density at radius 3 is 1.43 bits per heavy atom. The molecule has 0 unspecified atom stereocenters. The summed E-state index contributed by atoms with van der Waals surface area (Å²) in [5.74, 6) is 0. The molecule has 1 saturated heterocycles. The standard InChI is InChI=1S/C48H39BN2O2/c1-47(2)48(3,4)53-49(52-47)36-23-25-37(26-24-36)50-43-19-10-8-17-39(43)41-30-34(21-27-45(41)50)35-22-28-46-42(31-35)40-18-9-11-20-44(40)51(46)38-16-12-15-33(29-38)32-13-6-5-7-14-32/h5-31H,1-4H3. The Morgan fingerprint density at radius 2 is 0.849 bits per heavy atom. The fourth-order valence-electron chi connectivity index (χ4n) is 8.08. The van der Waals surface area contributed by atoms with Crippen molar-refractivity contribution in [1.29, 1.82) is 0 Å². The summed E-state index contributed by atoms with van der Waals surface area (Å²) in [5.41, 5.74) is 12.1. The fourth-order valence-corrected chi connectivity index (χ4v) is 8.08. The smallest absolute Gasteiger partial charge is 0.399 e. The number of nitrogens with zero attached hydrogens (tertiary/aromatic N) is 2. The summed E-state index contributed by atoms with van der Waals surface area (Å²) in [4.78, 5) is 0. The van der Waals surface area contributed by atoms with Gasteiger partial charge in [-0.1, -0.05) is 103 Å². The van der Waals surface area contributed by atoms with Crippen LogP contribution in [0.2, 0.25) is 0 Å². The van der Waals surface area contributed by atoms with E-state index in [0.717, 1.165) is 16.8 Å². The summed E-state index contributed by atoms with van der Waals surface area (Å²) in [6.45, 7) is 8.37. The predicted molar refractivity (Wildman–Crippen MR) is 222 cm³/mol. The van der Waals surface area contributed by atoms with Crippen molar-refractivity contribution in [1.82, 2.24) is 9.13 Å². The minimum Gasteiger partial charge on any atom is -0.399 e. The van der Waals surface area contributed by atoms with Gasteiger partial charge in [0.2, 0.25) is 0 Å². The molecule has 0 spiro atoms. The minimum absolute atomic E-state index is 0.378. The van der Waals surface area contributed by atoms with Crippen molar-refractivity contribution in [2.24, 2.45) is 0 Å². The van der Waals surface area contributed by atoms with Crippen molar-refractivity contribution in [2.75, 3.05) is 0 Å². The van der Waals surface area contributed by atoms with Crippen LogP contribution in [0.4, 0.5) is 0 Å². The van der Waals surface area contributed by atoms with Crippen LogP contribution in [-0.4, -0.2) is 27.5 Å². The van der Waals surface area contributed by atoms with Crippen LogP contribution in [0.25, 0.3) is 77.2 Å². The van der Waals surface area contributed by atoms with E-state index in [9.17, 15) is 0 Å². The maximum atomic E-state index is 6.34. The lowest BCUT2D eigenvalue weighted by atomic mass is 9.79. The van der Waals surface area contributed by atoms with Crippen LogP contribution in [-0.2, 0) is 9.31 Å². The predicted octanol–water partition coefficient (Wildman–Crippen LogP) is 11.5. The van der Waals surface area contributed by atoms with Crippen LogP contribution >= 0.6 is 0 Å². The van der Waals surface area contributed by atoms with Crippen molar-refractivity contribution in [3.05, 3.63) is 164 Å². The molecule has 7 aromatic carbocycles.